The van der Waals surface area contributed by atoms with Gasteiger partial charge in [0.1, 0.15) is 0 Å². The smallest absolute Gasteiger partial charge is 0.0101 e. The minimum absolute atomic E-state index is 0.580. The van der Waals surface area contributed by atoms with Gasteiger partial charge >= 0.3 is 0 Å². The standard InChI is InChI=1S/C13H23N/c14-13-11-7-6-10(8-11)12(13)9-4-2-1-3-5-9/h9-13H,1-8,14H2. The highest BCUT2D eigenvalue weighted by atomic mass is 14.7. The Balaban J connectivity index is 1.71. The van der Waals surface area contributed by atoms with E-state index in [4.69, 9.17) is 5.73 Å². The van der Waals surface area contributed by atoms with Crippen molar-refractivity contribution >= 4 is 0 Å². The van der Waals surface area contributed by atoms with Crippen LogP contribution >= 0.6 is 0 Å². The van der Waals surface area contributed by atoms with Gasteiger partial charge in [0.25, 0.3) is 0 Å². The summed E-state index contributed by atoms with van der Waals surface area (Å²) in [6.45, 7) is 0. The fourth-order valence-electron chi connectivity index (χ4n) is 4.60. The predicted molar refractivity (Wildman–Crippen MR) is 58.9 cm³/mol. The van der Waals surface area contributed by atoms with Crippen molar-refractivity contribution in [3.8, 4) is 0 Å². The minimum atomic E-state index is 0.580. The Morgan fingerprint density at radius 1 is 0.714 bits per heavy atom. The van der Waals surface area contributed by atoms with E-state index >= 15 is 0 Å². The molecule has 0 amide bonds. The lowest BCUT2D eigenvalue weighted by Gasteiger charge is -2.37. The van der Waals surface area contributed by atoms with Gasteiger partial charge < -0.3 is 5.73 Å². The Hall–Kier alpha value is -0.0400. The highest BCUT2D eigenvalue weighted by Crippen LogP contribution is 2.52. The molecule has 0 radical (unpaired) electrons. The van der Waals surface area contributed by atoms with E-state index in [0.717, 1.165) is 23.7 Å². The zero-order chi connectivity index (χ0) is 9.54. The zero-order valence-electron chi connectivity index (χ0n) is 9.12. The van der Waals surface area contributed by atoms with Crippen molar-refractivity contribution in [3.63, 3.8) is 0 Å². The van der Waals surface area contributed by atoms with Gasteiger partial charge in [0.2, 0.25) is 0 Å². The molecule has 3 aliphatic rings. The maximum Gasteiger partial charge on any atom is 0.0101 e. The first-order valence-electron chi connectivity index (χ1n) is 6.62. The van der Waals surface area contributed by atoms with E-state index in [1.807, 2.05) is 0 Å². The van der Waals surface area contributed by atoms with E-state index in [-0.39, 0.29) is 0 Å². The van der Waals surface area contributed by atoms with Gasteiger partial charge in [0.15, 0.2) is 0 Å². The normalized spacial score (nSPS) is 48.6. The van der Waals surface area contributed by atoms with Crippen LogP contribution in [0.3, 0.4) is 0 Å². The Labute approximate surface area is 87.4 Å². The monoisotopic (exact) mass is 193 g/mol. The molecule has 2 bridgehead atoms. The first kappa shape index (κ1) is 9.21. The van der Waals surface area contributed by atoms with Gasteiger partial charge in [-0.3, -0.25) is 0 Å². The molecule has 3 rings (SSSR count). The van der Waals surface area contributed by atoms with Gasteiger partial charge in [0.05, 0.1) is 0 Å². The molecule has 14 heavy (non-hydrogen) atoms. The Kier molecular flexibility index (Phi) is 2.31. The lowest BCUT2D eigenvalue weighted by atomic mass is 9.71. The van der Waals surface area contributed by atoms with Gasteiger partial charge in [-0.05, 0) is 42.9 Å². The Morgan fingerprint density at radius 2 is 1.43 bits per heavy atom. The summed E-state index contributed by atoms with van der Waals surface area (Å²) in [7, 11) is 0. The summed E-state index contributed by atoms with van der Waals surface area (Å²) in [5.41, 5.74) is 6.40. The molecule has 0 heterocycles. The molecular formula is C13H23N. The number of nitrogens with two attached hydrogens (primary N) is 1. The molecule has 3 aliphatic carbocycles. The third-order valence-electron chi connectivity index (χ3n) is 5.24. The SMILES string of the molecule is NC1C2CCC(C2)C1C1CCCCC1. The molecule has 4 unspecified atom stereocenters. The molecule has 4 atom stereocenters. The molecule has 0 saturated heterocycles. The van der Waals surface area contributed by atoms with Crippen LogP contribution in [0.25, 0.3) is 0 Å². The zero-order valence-corrected chi connectivity index (χ0v) is 9.12. The van der Waals surface area contributed by atoms with Crippen LogP contribution < -0.4 is 5.73 Å². The molecule has 2 N–H and O–H groups in total. The molecule has 3 fully saturated rings. The van der Waals surface area contributed by atoms with Crippen molar-refractivity contribution in [2.75, 3.05) is 0 Å². The average Bonchev–Trinajstić information content (AvgIpc) is 2.79. The van der Waals surface area contributed by atoms with E-state index in [1.54, 1.807) is 0 Å². The second kappa shape index (κ2) is 3.52. The molecule has 0 aromatic heterocycles. The van der Waals surface area contributed by atoms with Crippen molar-refractivity contribution in [2.45, 2.75) is 57.4 Å². The third kappa shape index (κ3) is 1.32. The summed E-state index contributed by atoms with van der Waals surface area (Å²) in [5, 5.41) is 0. The van der Waals surface area contributed by atoms with Crippen LogP contribution in [0, 0.1) is 23.7 Å². The molecule has 80 valence electrons. The number of hydrogen-bond acceptors (Lipinski definition) is 1. The topological polar surface area (TPSA) is 26.0 Å². The summed E-state index contributed by atoms with van der Waals surface area (Å²) in [6, 6.07) is 0.580. The van der Waals surface area contributed by atoms with E-state index in [0.29, 0.717) is 6.04 Å². The fourth-order valence-corrected chi connectivity index (χ4v) is 4.60. The van der Waals surface area contributed by atoms with Crippen molar-refractivity contribution in [1.82, 2.24) is 0 Å². The van der Waals surface area contributed by atoms with Gasteiger partial charge in [-0.15, -0.1) is 0 Å². The number of fused-ring (bicyclic) bond motifs is 2. The van der Waals surface area contributed by atoms with Crippen LogP contribution in [0.2, 0.25) is 0 Å². The third-order valence-corrected chi connectivity index (χ3v) is 5.24. The fraction of sp³-hybridized carbons (Fsp3) is 1.00. The van der Waals surface area contributed by atoms with E-state index < -0.39 is 0 Å². The lowest BCUT2D eigenvalue weighted by Crippen LogP contribution is -2.40. The largest absolute Gasteiger partial charge is 0.327 e. The van der Waals surface area contributed by atoms with Crippen LogP contribution in [0.15, 0.2) is 0 Å². The molecule has 0 aromatic carbocycles. The summed E-state index contributed by atoms with van der Waals surface area (Å²) >= 11 is 0. The molecule has 0 aliphatic heterocycles. The van der Waals surface area contributed by atoms with E-state index in [2.05, 4.69) is 0 Å². The van der Waals surface area contributed by atoms with Crippen molar-refractivity contribution in [2.24, 2.45) is 29.4 Å². The van der Waals surface area contributed by atoms with E-state index in [1.165, 1.54) is 51.4 Å². The number of rotatable bonds is 1. The number of hydrogen-bond donors (Lipinski definition) is 1. The maximum absolute atomic E-state index is 6.40. The highest BCUT2D eigenvalue weighted by molar-refractivity contribution is 5.01. The molecular weight excluding hydrogens is 170 g/mol. The average molecular weight is 193 g/mol. The van der Waals surface area contributed by atoms with Crippen molar-refractivity contribution in [1.29, 1.82) is 0 Å². The van der Waals surface area contributed by atoms with Gasteiger partial charge in [-0.2, -0.15) is 0 Å². The van der Waals surface area contributed by atoms with Gasteiger partial charge in [-0.1, -0.05) is 32.1 Å². The summed E-state index contributed by atoms with van der Waals surface area (Å²) in [6.07, 6.45) is 11.8. The molecule has 0 aromatic rings. The minimum Gasteiger partial charge on any atom is -0.327 e. The van der Waals surface area contributed by atoms with Crippen LogP contribution in [0.5, 0.6) is 0 Å². The van der Waals surface area contributed by atoms with E-state index in [9.17, 15) is 0 Å². The van der Waals surface area contributed by atoms with Crippen LogP contribution in [0.4, 0.5) is 0 Å². The summed E-state index contributed by atoms with van der Waals surface area (Å²) in [5.74, 6) is 3.87. The van der Waals surface area contributed by atoms with Gasteiger partial charge in [-0.25, -0.2) is 0 Å². The second-order valence-corrected chi connectivity index (χ2v) is 5.89. The summed E-state index contributed by atoms with van der Waals surface area (Å²) < 4.78 is 0. The lowest BCUT2D eigenvalue weighted by molar-refractivity contribution is 0.158. The molecule has 3 saturated carbocycles. The van der Waals surface area contributed by atoms with Crippen LogP contribution in [0.1, 0.15) is 51.4 Å². The summed E-state index contributed by atoms with van der Waals surface area (Å²) in [4.78, 5) is 0. The first-order chi connectivity index (χ1) is 6.86. The molecule has 1 nitrogen and oxygen atoms in total. The predicted octanol–water partition coefficient (Wildman–Crippen LogP) is 2.94. The molecule has 1 heteroatoms. The van der Waals surface area contributed by atoms with Crippen LogP contribution in [-0.4, -0.2) is 6.04 Å². The quantitative estimate of drug-likeness (QED) is 0.681. The first-order valence-corrected chi connectivity index (χ1v) is 6.62. The maximum atomic E-state index is 6.40. The Morgan fingerprint density at radius 3 is 2.07 bits per heavy atom. The molecule has 0 spiro atoms. The second-order valence-electron chi connectivity index (χ2n) is 5.89. The van der Waals surface area contributed by atoms with Crippen LogP contribution in [-0.2, 0) is 0 Å². The van der Waals surface area contributed by atoms with Crippen molar-refractivity contribution in [3.05, 3.63) is 0 Å². The highest BCUT2D eigenvalue weighted by Gasteiger charge is 2.48. The van der Waals surface area contributed by atoms with Crippen molar-refractivity contribution < 1.29 is 0 Å². The Bertz CT molecular complexity index is 205. The van der Waals surface area contributed by atoms with Gasteiger partial charge in [0, 0.05) is 6.04 Å².